The molecule has 0 aliphatic rings. The molecule has 24 heavy (non-hydrogen) atoms. The van der Waals surface area contributed by atoms with Crippen LogP contribution in [0, 0.1) is 5.82 Å². The minimum absolute atomic E-state index is 0.0257. The first kappa shape index (κ1) is 16.3. The number of halogens is 2. The molecule has 122 valence electrons. The van der Waals surface area contributed by atoms with Crippen molar-refractivity contribution in [1.29, 1.82) is 0 Å². The average molecular weight is 344 g/mol. The molecule has 0 unspecified atom stereocenters. The van der Waals surface area contributed by atoms with Crippen LogP contribution in [0.2, 0.25) is 5.02 Å². The number of benzene rings is 3. The van der Waals surface area contributed by atoms with Crippen molar-refractivity contribution in [2.45, 2.75) is 6.92 Å². The van der Waals surface area contributed by atoms with Gasteiger partial charge in [-0.15, -0.1) is 0 Å². The summed E-state index contributed by atoms with van der Waals surface area (Å²) in [5.41, 5.74) is 6.91. The maximum atomic E-state index is 15.1. The first-order valence-electron chi connectivity index (χ1n) is 7.48. The van der Waals surface area contributed by atoms with Gasteiger partial charge >= 0.3 is 5.97 Å². The first-order chi connectivity index (χ1) is 11.6. The van der Waals surface area contributed by atoms with Gasteiger partial charge in [-0.2, -0.15) is 0 Å². The van der Waals surface area contributed by atoms with Crippen molar-refractivity contribution >= 4 is 34.0 Å². The molecule has 2 N–H and O–H groups in total. The third kappa shape index (κ3) is 2.59. The molecule has 0 radical (unpaired) electrons. The second-order valence-electron chi connectivity index (χ2n) is 5.22. The second-order valence-corrected chi connectivity index (χ2v) is 5.63. The average Bonchev–Trinajstić information content (AvgIpc) is 2.57. The van der Waals surface area contributed by atoms with E-state index in [0.29, 0.717) is 21.4 Å². The van der Waals surface area contributed by atoms with Crippen molar-refractivity contribution in [1.82, 2.24) is 0 Å². The lowest BCUT2D eigenvalue weighted by Crippen LogP contribution is -2.11. The highest BCUT2D eigenvalue weighted by atomic mass is 35.5. The lowest BCUT2D eigenvalue weighted by molar-refractivity contribution is 0.0530. The summed E-state index contributed by atoms with van der Waals surface area (Å²) in [6, 6.07) is 13.5. The van der Waals surface area contributed by atoms with Gasteiger partial charge in [0.15, 0.2) is 0 Å². The molecule has 0 aliphatic heterocycles. The number of rotatable bonds is 3. The van der Waals surface area contributed by atoms with E-state index in [1.807, 2.05) is 0 Å². The number of esters is 1. The molecule has 0 amide bonds. The van der Waals surface area contributed by atoms with E-state index >= 15 is 4.39 Å². The Balaban J connectivity index is 2.43. The fourth-order valence-electron chi connectivity index (χ4n) is 2.77. The van der Waals surface area contributed by atoms with E-state index in [0.717, 1.165) is 0 Å². The maximum absolute atomic E-state index is 15.1. The molecule has 5 heteroatoms. The standard InChI is InChI=1S/C19H15ClFNO2/c1-2-24-19(23)16-11-7-3-4-8-12(11)17(21)15(18(16)22)13-9-5-6-10-14(13)20/h3-10H,2,22H2,1H3. The van der Waals surface area contributed by atoms with Crippen LogP contribution in [0.15, 0.2) is 48.5 Å². The predicted molar refractivity (Wildman–Crippen MR) is 94.7 cm³/mol. The summed E-state index contributed by atoms with van der Waals surface area (Å²) in [6.45, 7) is 1.90. The van der Waals surface area contributed by atoms with E-state index in [-0.39, 0.29) is 23.4 Å². The Morgan fingerprint density at radius 3 is 2.42 bits per heavy atom. The third-order valence-corrected chi connectivity index (χ3v) is 4.14. The number of carbonyl (C=O) groups excluding carboxylic acids is 1. The number of nitrogen functional groups attached to an aromatic ring is 1. The van der Waals surface area contributed by atoms with Crippen LogP contribution in [-0.2, 0) is 4.74 Å². The predicted octanol–water partition coefficient (Wildman–Crippen LogP) is 5.06. The van der Waals surface area contributed by atoms with Gasteiger partial charge < -0.3 is 10.5 Å². The molecule has 3 nitrogen and oxygen atoms in total. The molecule has 3 rings (SSSR count). The SMILES string of the molecule is CCOC(=O)c1c(N)c(-c2ccccc2Cl)c(F)c2ccccc12. The van der Waals surface area contributed by atoms with Crippen LogP contribution in [0.1, 0.15) is 17.3 Å². The Morgan fingerprint density at radius 1 is 1.12 bits per heavy atom. The number of nitrogens with two attached hydrogens (primary N) is 1. The summed E-state index contributed by atoms with van der Waals surface area (Å²) < 4.78 is 20.2. The zero-order chi connectivity index (χ0) is 17.3. The van der Waals surface area contributed by atoms with Gasteiger partial charge in [0, 0.05) is 26.9 Å². The normalized spacial score (nSPS) is 10.8. The Labute approximate surface area is 143 Å². The molecule has 0 spiro atoms. The molecule has 0 aromatic heterocycles. The largest absolute Gasteiger partial charge is 0.462 e. The lowest BCUT2D eigenvalue weighted by atomic mass is 9.93. The smallest absolute Gasteiger partial charge is 0.340 e. The highest BCUT2D eigenvalue weighted by molar-refractivity contribution is 6.33. The lowest BCUT2D eigenvalue weighted by Gasteiger charge is -2.16. The van der Waals surface area contributed by atoms with Gasteiger partial charge in [0.25, 0.3) is 0 Å². The number of carbonyl (C=O) groups is 1. The zero-order valence-corrected chi connectivity index (χ0v) is 13.7. The van der Waals surface area contributed by atoms with Crippen molar-refractivity contribution in [2.24, 2.45) is 0 Å². The quantitative estimate of drug-likeness (QED) is 0.534. The summed E-state index contributed by atoms with van der Waals surface area (Å²) in [7, 11) is 0. The monoisotopic (exact) mass is 343 g/mol. The van der Waals surface area contributed by atoms with Gasteiger partial charge in [-0.25, -0.2) is 9.18 Å². The van der Waals surface area contributed by atoms with E-state index in [2.05, 4.69) is 0 Å². The molecule has 3 aromatic carbocycles. The van der Waals surface area contributed by atoms with Gasteiger partial charge in [0.1, 0.15) is 5.82 Å². The van der Waals surface area contributed by atoms with Crippen molar-refractivity contribution in [3.8, 4) is 11.1 Å². The molecule has 0 aliphatic carbocycles. The highest BCUT2D eigenvalue weighted by Gasteiger charge is 2.24. The van der Waals surface area contributed by atoms with E-state index in [1.165, 1.54) is 0 Å². The first-order valence-corrected chi connectivity index (χ1v) is 7.85. The summed E-state index contributed by atoms with van der Waals surface area (Å²) >= 11 is 6.21. The van der Waals surface area contributed by atoms with Crippen molar-refractivity contribution in [3.05, 3.63) is 64.9 Å². The minimum Gasteiger partial charge on any atom is -0.462 e. The Bertz CT molecular complexity index is 940. The van der Waals surface area contributed by atoms with Crippen LogP contribution < -0.4 is 5.73 Å². The minimum atomic E-state index is -0.584. The molecule has 0 bridgehead atoms. The van der Waals surface area contributed by atoms with Crippen molar-refractivity contribution in [2.75, 3.05) is 12.3 Å². The maximum Gasteiger partial charge on any atom is 0.340 e. The summed E-state index contributed by atoms with van der Waals surface area (Å²) in [4.78, 5) is 12.4. The Kier molecular flexibility index (Phi) is 4.40. The van der Waals surface area contributed by atoms with E-state index < -0.39 is 11.8 Å². The molecule has 0 atom stereocenters. The van der Waals surface area contributed by atoms with Crippen LogP contribution in [0.3, 0.4) is 0 Å². The third-order valence-electron chi connectivity index (χ3n) is 3.81. The van der Waals surface area contributed by atoms with Crippen LogP contribution in [-0.4, -0.2) is 12.6 Å². The highest BCUT2D eigenvalue weighted by Crippen LogP contribution is 2.40. The summed E-state index contributed by atoms with van der Waals surface area (Å²) in [5.74, 6) is -1.09. The molecular weight excluding hydrogens is 329 g/mol. The molecule has 0 heterocycles. The molecule has 0 saturated carbocycles. The zero-order valence-electron chi connectivity index (χ0n) is 13.0. The number of fused-ring (bicyclic) bond motifs is 1. The van der Waals surface area contributed by atoms with Crippen LogP contribution in [0.5, 0.6) is 0 Å². The Morgan fingerprint density at radius 2 is 1.75 bits per heavy atom. The van der Waals surface area contributed by atoms with Crippen LogP contribution in [0.4, 0.5) is 10.1 Å². The number of hydrogen-bond acceptors (Lipinski definition) is 3. The van der Waals surface area contributed by atoms with E-state index in [1.54, 1.807) is 55.5 Å². The molecular formula is C19H15ClFNO2. The van der Waals surface area contributed by atoms with E-state index in [9.17, 15) is 4.79 Å². The van der Waals surface area contributed by atoms with Crippen LogP contribution in [0.25, 0.3) is 21.9 Å². The number of anilines is 1. The van der Waals surface area contributed by atoms with Gasteiger partial charge in [-0.3, -0.25) is 0 Å². The van der Waals surface area contributed by atoms with Crippen molar-refractivity contribution < 1.29 is 13.9 Å². The fraction of sp³-hybridized carbons (Fsp3) is 0.105. The molecule has 0 saturated heterocycles. The van der Waals surface area contributed by atoms with Crippen LogP contribution >= 0.6 is 11.6 Å². The van der Waals surface area contributed by atoms with Gasteiger partial charge in [0.2, 0.25) is 0 Å². The fourth-order valence-corrected chi connectivity index (χ4v) is 3.00. The number of hydrogen-bond donors (Lipinski definition) is 1. The van der Waals surface area contributed by atoms with Gasteiger partial charge in [-0.1, -0.05) is 54.1 Å². The molecule has 3 aromatic rings. The summed E-state index contributed by atoms with van der Waals surface area (Å²) in [5, 5.41) is 1.07. The van der Waals surface area contributed by atoms with Gasteiger partial charge in [0.05, 0.1) is 17.9 Å². The second kappa shape index (κ2) is 6.49. The molecule has 0 fully saturated rings. The summed E-state index contributed by atoms with van der Waals surface area (Å²) in [6.07, 6.45) is 0. The Hall–Kier alpha value is -2.59. The van der Waals surface area contributed by atoms with Gasteiger partial charge in [-0.05, 0) is 13.0 Å². The topological polar surface area (TPSA) is 52.3 Å². The van der Waals surface area contributed by atoms with E-state index in [4.69, 9.17) is 22.1 Å². The van der Waals surface area contributed by atoms with Crippen molar-refractivity contribution in [3.63, 3.8) is 0 Å². The number of ether oxygens (including phenoxy) is 1.